The average Bonchev–Trinajstić information content (AvgIpc) is 2.76. The zero-order valence-electron chi connectivity index (χ0n) is 11.7. The van der Waals surface area contributed by atoms with Crippen LogP contribution in [0, 0.1) is 5.41 Å². The van der Waals surface area contributed by atoms with Gasteiger partial charge in [-0.1, -0.05) is 6.07 Å². The maximum Gasteiger partial charge on any atom is 0.233 e. The molecule has 1 aliphatic carbocycles. The van der Waals surface area contributed by atoms with Gasteiger partial charge in [-0.25, -0.2) is 0 Å². The second kappa shape index (κ2) is 4.89. The summed E-state index contributed by atoms with van der Waals surface area (Å²) in [4.78, 5) is 25.8. The fraction of sp³-hybridized carbons (Fsp3) is 0.467. The molecule has 4 nitrogen and oxygen atoms in total. The van der Waals surface area contributed by atoms with Crippen LogP contribution in [0.15, 0.2) is 24.3 Å². The zero-order valence-corrected chi connectivity index (χ0v) is 13.2. The predicted molar refractivity (Wildman–Crippen MR) is 83.8 cm³/mol. The molecule has 6 heteroatoms. The first-order chi connectivity index (χ1) is 9.83. The summed E-state index contributed by atoms with van der Waals surface area (Å²) in [5, 5.41) is 2.83. The Morgan fingerprint density at radius 1 is 1.38 bits per heavy atom. The van der Waals surface area contributed by atoms with E-state index < -0.39 is 9.75 Å². The molecule has 2 fully saturated rings. The normalized spacial score (nSPS) is 26.8. The Hall–Kier alpha value is -1.26. The number of anilines is 2. The molecule has 2 amide bonds. The van der Waals surface area contributed by atoms with Gasteiger partial charge in [0.2, 0.25) is 11.8 Å². The highest BCUT2D eigenvalue weighted by atomic mass is 35.5. The Kier molecular flexibility index (Phi) is 3.41. The molecule has 1 saturated carbocycles. The van der Waals surface area contributed by atoms with E-state index in [2.05, 4.69) is 5.32 Å². The Bertz CT molecular complexity index is 617. The van der Waals surface area contributed by atoms with Gasteiger partial charge in [0.15, 0.2) is 0 Å². The predicted octanol–water partition coefficient (Wildman–Crippen LogP) is 3.34. The lowest BCUT2D eigenvalue weighted by molar-refractivity contribution is -0.120. The van der Waals surface area contributed by atoms with E-state index in [9.17, 15) is 9.59 Å². The summed E-state index contributed by atoms with van der Waals surface area (Å²) in [6.07, 6.45) is 1.89. The molecule has 0 aromatic heterocycles. The van der Waals surface area contributed by atoms with Gasteiger partial charge in [-0.3, -0.25) is 9.59 Å². The summed E-state index contributed by atoms with van der Waals surface area (Å²) >= 11 is 12.0. The molecule has 0 bridgehead atoms. The smallest absolute Gasteiger partial charge is 0.233 e. The molecule has 21 heavy (non-hydrogen) atoms. The van der Waals surface area contributed by atoms with E-state index in [0.717, 1.165) is 18.7 Å². The summed E-state index contributed by atoms with van der Waals surface area (Å²) in [5.41, 5.74) is 0.698. The number of benzene rings is 1. The number of carbonyl (C=O) groups is 2. The number of amides is 2. The summed E-state index contributed by atoms with van der Waals surface area (Å²) in [5.74, 6) is -0.0782. The Labute approximate surface area is 133 Å². The van der Waals surface area contributed by atoms with Crippen LogP contribution in [0.4, 0.5) is 11.4 Å². The van der Waals surface area contributed by atoms with Crippen molar-refractivity contribution in [1.29, 1.82) is 0 Å². The number of alkyl halides is 2. The van der Waals surface area contributed by atoms with Crippen molar-refractivity contribution in [3.8, 4) is 0 Å². The van der Waals surface area contributed by atoms with Crippen molar-refractivity contribution in [3.63, 3.8) is 0 Å². The third-order valence-electron chi connectivity index (χ3n) is 4.25. The minimum atomic E-state index is -0.986. The Morgan fingerprint density at radius 2 is 2.10 bits per heavy atom. The number of hydrogen-bond donors (Lipinski definition) is 1. The highest BCUT2D eigenvalue weighted by Crippen LogP contribution is 2.64. The minimum absolute atomic E-state index is 0.119. The number of carbonyl (C=O) groups excluding carboxylic acids is 2. The van der Waals surface area contributed by atoms with E-state index in [1.54, 1.807) is 24.0 Å². The average molecular weight is 327 g/mol. The van der Waals surface area contributed by atoms with Gasteiger partial charge in [-0.15, -0.1) is 23.2 Å². The molecule has 1 heterocycles. The number of hydrogen-bond acceptors (Lipinski definition) is 2. The molecule has 1 aromatic rings. The van der Waals surface area contributed by atoms with Gasteiger partial charge in [0.25, 0.3) is 0 Å². The molecule has 0 spiro atoms. The Balaban J connectivity index is 1.75. The second-order valence-corrected chi connectivity index (χ2v) is 7.35. The fourth-order valence-corrected chi connectivity index (χ4v) is 3.29. The SMILES string of the molecule is CC1(C(=O)Nc2cccc(N3CCCC3=O)c2)CC1(Cl)Cl. The summed E-state index contributed by atoms with van der Waals surface area (Å²) in [7, 11) is 0. The molecule has 0 radical (unpaired) electrons. The lowest BCUT2D eigenvalue weighted by atomic mass is 10.1. The summed E-state index contributed by atoms with van der Waals surface area (Å²) < 4.78 is -0.986. The van der Waals surface area contributed by atoms with Gasteiger partial charge < -0.3 is 10.2 Å². The van der Waals surface area contributed by atoms with Crippen LogP contribution in [0.3, 0.4) is 0 Å². The van der Waals surface area contributed by atoms with Crippen molar-refractivity contribution >= 4 is 46.4 Å². The van der Waals surface area contributed by atoms with Crippen molar-refractivity contribution in [2.45, 2.75) is 30.5 Å². The standard InChI is InChI=1S/C15H16Cl2N2O2/c1-14(9-15(14,16)17)13(21)18-10-4-2-5-11(8-10)19-7-3-6-12(19)20/h2,4-5,8H,3,6-7,9H2,1H3,(H,18,21). The molecule has 1 saturated heterocycles. The highest BCUT2D eigenvalue weighted by molar-refractivity contribution is 6.53. The van der Waals surface area contributed by atoms with Crippen molar-refractivity contribution < 1.29 is 9.59 Å². The van der Waals surface area contributed by atoms with Gasteiger partial charge in [-0.05, 0) is 38.0 Å². The van der Waals surface area contributed by atoms with E-state index in [4.69, 9.17) is 23.2 Å². The van der Waals surface area contributed by atoms with Crippen LogP contribution in [0.2, 0.25) is 0 Å². The monoisotopic (exact) mass is 326 g/mol. The van der Waals surface area contributed by atoms with Gasteiger partial charge in [0, 0.05) is 24.3 Å². The van der Waals surface area contributed by atoms with Gasteiger partial charge in [0.1, 0.15) is 4.33 Å². The molecule has 2 aliphatic rings. The number of halogens is 2. The van der Waals surface area contributed by atoms with E-state index in [1.165, 1.54) is 0 Å². The first kappa shape index (κ1) is 14.7. The molecule has 112 valence electrons. The summed E-state index contributed by atoms with van der Waals surface area (Å²) in [6.45, 7) is 2.47. The van der Waals surface area contributed by atoms with Gasteiger partial charge in [-0.2, -0.15) is 0 Å². The third kappa shape index (κ3) is 2.51. The molecular weight excluding hydrogens is 311 g/mol. The molecule has 1 aromatic carbocycles. The van der Waals surface area contributed by atoms with Crippen LogP contribution in [0.25, 0.3) is 0 Å². The van der Waals surface area contributed by atoms with Crippen molar-refractivity contribution in [2.75, 3.05) is 16.8 Å². The van der Waals surface area contributed by atoms with Crippen LogP contribution < -0.4 is 10.2 Å². The van der Waals surface area contributed by atoms with E-state index >= 15 is 0 Å². The minimum Gasteiger partial charge on any atom is -0.325 e. The maximum atomic E-state index is 12.2. The second-order valence-electron chi connectivity index (χ2n) is 5.87. The zero-order chi connectivity index (χ0) is 15.3. The van der Waals surface area contributed by atoms with E-state index in [1.807, 2.05) is 12.1 Å². The third-order valence-corrected chi connectivity index (χ3v) is 5.35. The Morgan fingerprint density at radius 3 is 2.67 bits per heavy atom. The molecule has 1 aliphatic heterocycles. The highest BCUT2D eigenvalue weighted by Gasteiger charge is 2.67. The fourth-order valence-electron chi connectivity index (χ4n) is 2.59. The van der Waals surface area contributed by atoms with Crippen LogP contribution in [-0.2, 0) is 9.59 Å². The van der Waals surface area contributed by atoms with Crippen LogP contribution in [0.5, 0.6) is 0 Å². The van der Waals surface area contributed by atoms with Gasteiger partial charge >= 0.3 is 0 Å². The van der Waals surface area contributed by atoms with Crippen LogP contribution >= 0.6 is 23.2 Å². The van der Waals surface area contributed by atoms with Crippen LogP contribution in [-0.4, -0.2) is 22.7 Å². The summed E-state index contributed by atoms with van der Waals surface area (Å²) in [6, 6.07) is 7.28. The lowest BCUT2D eigenvalue weighted by Gasteiger charge is -2.18. The van der Waals surface area contributed by atoms with E-state index in [0.29, 0.717) is 18.5 Å². The number of rotatable bonds is 3. The number of nitrogens with one attached hydrogen (secondary N) is 1. The molecule has 1 N–H and O–H groups in total. The topological polar surface area (TPSA) is 49.4 Å². The quantitative estimate of drug-likeness (QED) is 0.866. The van der Waals surface area contributed by atoms with Crippen molar-refractivity contribution in [1.82, 2.24) is 0 Å². The molecule has 1 unspecified atom stereocenters. The van der Waals surface area contributed by atoms with Crippen molar-refractivity contribution in [2.24, 2.45) is 5.41 Å². The van der Waals surface area contributed by atoms with Gasteiger partial charge in [0.05, 0.1) is 5.41 Å². The van der Waals surface area contributed by atoms with Crippen LogP contribution in [0.1, 0.15) is 26.2 Å². The number of nitrogens with zero attached hydrogens (tertiary/aromatic N) is 1. The van der Waals surface area contributed by atoms with Crippen molar-refractivity contribution in [3.05, 3.63) is 24.3 Å². The first-order valence-corrected chi connectivity index (χ1v) is 7.69. The molecule has 1 atom stereocenters. The first-order valence-electron chi connectivity index (χ1n) is 6.93. The largest absolute Gasteiger partial charge is 0.325 e. The molecule has 3 rings (SSSR count). The maximum absolute atomic E-state index is 12.2. The van der Waals surface area contributed by atoms with E-state index in [-0.39, 0.29) is 11.8 Å². The lowest BCUT2D eigenvalue weighted by Crippen LogP contribution is -2.26. The molecular formula is C15H16Cl2N2O2.